The van der Waals surface area contributed by atoms with Gasteiger partial charge in [-0.2, -0.15) is 0 Å². The standard InChI is InChI=1S/C13H17NO4/c15-10-3-8-1-2-9(4-10)14(8)6-11-5-12(16)13(17)7-18-11/h5,7-10,15,17H,1-4,6H2. The minimum Gasteiger partial charge on any atom is -0.502 e. The number of aromatic hydroxyl groups is 1. The van der Waals surface area contributed by atoms with Gasteiger partial charge in [0.1, 0.15) is 12.0 Å². The van der Waals surface area contributed by atoms with E-state index in [1.165, 1.54) is 6.07 Å². The Morgan fingerprint density at radius 3 is 2.61 bits per heavy atom. The first-order chi connectivity index (χ1) is 8.63. The summed E-state index contributed by atoms with van der Waals surface area (Å²) in [6.07, 6.45) is 4.72. The highest BCUT2D eigenvalue weighted by molar-refractivity contribution is 5.15. The average molecular weight is 251 g/mol. The summed E-state index contributed by atoms with van der Waals surface area (Å²) >= 11 is 0. The number of aliphatic hydroxyl groups excluding tert-OH is 1. The number of hydrogen-bond acceptors (Lipinski definition) is 5. The second-order valence-electron chi connectivity index (χ2n) is 5.28. The van der Waals surface area contributed by atoms with Crippen molar-refractivity contribution in [1.29, 1.82) is 0 Å². The van der Waals surface area contributed by atoms with Crippen molar-refractivity contribution in [3.05, 3.63) is 28.3 Å². The third-order valence-electron chi connectivity index (χ3n) is 4.06. The van der Waals surface area contributed by atoms with Crippen LogP contribution >= 0.6 is 0 Å². The molecule has 0 radical (unpaired) electrons. The van der Waals surface area contributed by atoms with Crippen LogP contribution in [0.3, 0.4) is 0 Å². The Morgan fingerprint density at radius 1 is 1.33 bits per heavy atom. The lowest BCUT2D eigenvalue weighted by molar-refractivity contribution is 0.0272. The van der Waals surface area contributed by atoms with Crippen molar-refractivity contribution < 1.29 is 14.6 Å². The predicted molar refractivity (Wildman–Crippen MR) is 64.2 cm³/mol. The fourth-order valence-corrected chi connectivity index (χ4v) is 3.21. The Hall–Kier alpha value is -1.33. The summed E-state index contributed by atoms with van der Waals surface area (Å²) in [4.78, 5) is 13.7. The lowest BCUT2D eigenvalue weighted by Gasteiger charge is -2.36. The number of nitrogens with zero attached hydrogens (tertiary/aromatic N) is 1. The van der Waals surface area contributed by atoms with Gasteiger partial charge in [-0.25, -0.2) is 0 Å². The van der Waals surface area contributed by atoms with Gasteiger partial charge in [0.2, 0.25) is 5.43 Å². The molecule has 2 atom stereocenters. The molecule has 0 aliphatic carbocycles. The molecular formula is C13H17NO4. The SMILES string of the molecule is O=c1cc(CN2C3CCC2CC(O)C3)occ1O. The molecule has 5 heteroatoms. The van der Waals surface area contributed by atoms with Gasteiger partial charge < -0.3 is 14.6 Å². The summed E-state index contributed by atoms with van der Waals surface area (Å²) in [5.41, 5.74) is -0.402. The molecule has 2 bridgehead atoms. The third kappa shape index (κ3) is 2.04. The van der Waals surface area contributed by atoms with E-state index in [9.17, 15) is 9.90 Å². The molecule has 2 unspecified atom stereocenters. The largest absolute Gasteiger partial charge is 0.502 e. The summed E-state index contributed by atoms with van der Waals surface area (Å²) in [6, 6.07) is 2.12. The summed E-state index contributed by atoms with van der Waals surface area (Å²) in [7, 11) is 0. The normalized spacial score (nSPS) is 31.7. The Bertz CT molecular complexity index is 484. The quantitative estimate of drug-likeness (QED) is 0.814. The summed E-state index contributed by atoms with van der Waals surface area (Å²) in [6.45, 7) is 0.581. The van der Waals surface area contributed by atoms with Gasteiger partial charge in [-0.1, -0.05) is 0 Å². The molecule has 0 saturated carbocycles. The van der Waals surface area contributed by atoms with E-state index in [1.54, 1.807) is 0 Å². The van der Waals surface area contributed by atoms with Gasteiger partial charge in [-0.3, -0.25) is 9.69 Å². The van der Waals surface area contributed by atoms with Crippen LogP contribution in [-0.2, 0) is 6.54 Å². The summed E-state index contributed by atoms with van der Waals surface area (Å²) in [5.74, 6) is 0.224. The summed E-state index contributed by atoms with van der Waals surface area (Å²) < 4.78 is 5.24. The van der Waals surface area contributed by atoms with Crippen molar-refractivity contribution in [1.82, 2.24) is 4.90 Å². The van der Waals surface area contributed by atoms with E-state index in [-0.39, 0.29) is 11.9 Å². The topological polar surface area (TPSA) is 73.9 Å². The predicted octanol–water partition coefficient (Wildman–Crippen LogP) is 0.833. The van der Waals surface area contributed by atoms with E-state index in [4.69, 9.17) is 9.52 Å². The summed E-state index contributed by atoms with van der Waals surface area (Å²) in [5, 5.41) is 18.9. The molecule has 2 N–H and O–H groups in total. The molecule has 0 aromatic carbocycles. The maximum atomic E-state index is 11.3. The van der Waals surface area contributed by atoms with Crippen molar-refractivity contribution in [2.24, 2.45) is 0 Å². The van der Waals surface area contributed by atoms with Gasteiger partial charge >= 0.3 is 0 Å². The van der Waals surface area contributed by atoms with E-state index in [0.717, 1.165) is 31.9 Å². The zero-order valence-electron chi connectivity index (χ0n) is 10.1. The Labute approximate surface area is 105 Å². The van der Waals surface area contributed by atoms with Gasteiger partial charge in [0.15, 0.2) is 5.75 Å². The van der Waals surface area contributed by atoms with E-state index in [0.29, 0.717) is 24.4 Å². The van der Waals surface area contributed by atoms with Crippen LogP contribution in [0.25, 0.3) is 0 Å². The van der Waals surface area contributed by atoms with Gasteiger partial charge in [-0.15, -0.1) is 0 Å². The van der Waals surface area contributed by atoms with Crippen molar-refractivity contribution in [2.75, 3.05) is 0 Å². The zero-order chi connectivity index (χ0) is 12.7. The molecule has 2 aliphatic rings. The molecule has 0 amide bonds. The molecular weight excluding hydrogens is 234 g/mol. The van der Waals surface area contributed by atoms with Crippen LogP contribution < -0.4 is 5.43 Å². The smallest absolute Gasteiger partial charge is 0.226 e. The minimum atomic E-state index is -0.402. The highest BCUT2D eigenvalue weighted by Crippen LogP contribution is 2.36. The second kappa shape index (κ2) is 4.40. The maximum absolute atomic E-state index is 11.3. The van der Waals surface area contributed by atoms with E-state index in [2.05, 4.69) is 4.90 Å². The molecule has 18 heavy (non-hydrogen) atoms. The van der Waals surface area contributed by atoms with Crippen LogP contribution in [0.2, 0.25) is 0 Å². The first-order valence-electron chi connectivity index (χ1n) is 6.38. The number of piperidine rings is 1. The first-order valence-corrected chi connectivity index (χ1v) is 6.38. The van der Waals surface area contributed by atoms with Crippen LogP contribution in [0.15, 0.2) is 21.5 Å². The first kappa shape index (κ1) is 11.7. The van der Waals surface area contributed by atoms with Crippen LogP contribution in [0.5, 0.6) is 5.75 Å². The van der Waals surface area contributed by atoms with Crippen molar-refractivity contribution in [2.45, 2.75) is 50.4 Å². The number of aliphatic hydroxyl groups is 1. The highest BCUT2D eigenvalue weighted by Gasteiger charge is 2.40. The van der Waals surface area contributed by atoms with E-state index < -0.39 is 5.43 Å². The third-order valence-corrected chi connectivity index (χ3v) is 4.06. The second-order valence-corrected chi connectivity index (χ2v) is 5.28. The van der Waals surface area contributed by atoms with Gasteiger partial charge in [0, 0.05) is 18.2 Å². The van der Waals surface area contributed by atoms with Crippen molar-refractivity contribution in [3.63, 3.8) is 0 Å². The fourth-order valence-electron chi connectivity index (χ4n) is 3.21. The Balaban J connectivity index is 1.77. The fraction of sp³-hybridized carbons (Fsp3) is 0.615. The van der Waals surface area contributed by atoms with E-state index >= 15 is 0 Å². The van der Waals surface area contributed by atoms with E-state index in [1.807, 2.05) is 0 Å². The Morgan fingerprint density at radius 2 is 2.00 bits per heavy atom. The molecule has 3 heterocycles. The minimum absolute atomic E-state index is 0.189. The zero-order valence-corrected chi connectivity index (χ0v) is 10.1. The molecule has 1 aromatic rings. The lowest BCUT2D eigenvalue weighted by Crippen LogP contribution is -2.44. The average Bonchev–Trinajstić information content (AvgIpc) is 2.58. The van der Waals surface area contributed by atoms with Crippen LogP contribution in [0, 0.1) is 0 Å². The maximum Gasteiger partial charge on any atom is 0.226 e. The van der Waals surface area contributed by atoms with Gasteiger partial charge in [0.05, 0.1) is 12.6 Å². The molecule has 98 valence electrons. The number of fused-ring (bicyclic) bond motifs is 2. The molecule has 2 fully saturated rings. The Kier molecular flexibility index (Phi) is 2.87. The van der Waals surface area contributed by atoms with Crippen molar-refractivity contribution >= 4 is 0 Å². The lowest BCUT2D eigenvalue weighted by atomic mass is 10.00. The van der Waals surface area contributed by atoms with Gasteiger partial charge in [0.25, 0.3) is 0 Å². The van der Waals surface area contributed by atoms with Crippen LogP contribution in [0.1, 0.15) is 31.4 Å². The molecule has 2 aliphatic heterocycles. The molecule has 2 saturated heterocycles. The molecule has 3 rings (SSSR count). The molecule has 0 spiro atoms. The molecule has 5 nitrogen and oxygen atoms in total. The number of rotatable bonds is 2. The van der Waals surface area contributed by atoms with Gasteiger partial charge in [-0.05, 0) is 25.7 Å². The van der Waals surface area contributed by atoms with Crippen LogP contribution in [0.4, 0.5) is 0 Å². The molecule has 1 aromatic heterocycles. The monoisotopic (exact) mass is 251 g/mol. The highest BCUT2D eigenvalue weighted by atomic mass is 16.4. The number of hydrogen-bond donors (Lipinski definition) is 2. The van der Waals surface area contributed by atoms with Crippen LogP contribution in [-0.4, -0.2) is 33.3 Å². The van der Waals surface area contributed by atoms with Crippen molar-refractivity contribution in [3.8, 4) is 5.75 Å².